The summed E-state index contributed by atoms with van der Waals surface area (Å²) in [4.78, 5) is 11.2. The van der Waals surface area contributed by atoms with Crippen LogP contribution in [0.15, 0.2) is 16.6 Å². The Hall–Kier alpha value is -0.970. The van der Waals surface area contributed by atoms with E-state index < -0.39 is 6.43 Å². The largest absolute Gasteiger partial charge is 0.495 e. The van der Waals surface area contributed by atoms with Crippen LogP contribution in [0.5, 0.6) is 5.75 Å². The fourth-order valence-corrected chi connectivity index (χ4v) is 1.74. The number of alkyl halides is 2. The molecule has 0 aliphatic rings. The number of hydrogen-bond donors (Lipinski definition) is 0. The summed E-state index contributed by atoms with van der Waals surface area (Å²) in [6.45, 7) is 1.31. The molecule has 1 aromatic rings. The van der Waals surface area contributed by atoms with Crippen molar-refractivity contribution in [1.29, 1.82) is 0 Å². The van der Waals surface area contributed by atoms with Crippen molar-refractivity contribution in [2.24, 2.45) is 0 Å². The molecule has 0 spiro atoms. The van der Waals surface area contributed by atoms with Crippen LogP contribution in [0.25, 0.3) is 0 Å². The number of hydrogen-bond acceptors (Lipinski definition) is 2. The average molecular weight is 279 g/mol. The molecule has 82 valence electrons. The van der Waals surface area contributed by atoms with Crippen LogP contribution in [0, 0.1) is 0 Å². The first-order chi connectivity index (χ1) is 6.97. The molecule has 0 atom stereocenters. The monoisotopic (exact) mass is 278 g/mol. The molecule has 0 N–H and O–H groups in total. The zero-order valence-electron chi connectivity index (χ0n) is 8.18. The summed E-state index contributed by atoms with van der Waals surface area (Å²) >= 11 is 3.07. The summed E-state index contributed by atoms with van der Waals surface area (Å²) in [6.07, 6.45) is -2.67. The van der Waals surface area contributed by atoms with Crippen molar-refractivity contribution in [3.63, 3.8) is 0 Å². The molecule has 0 radical (unpaired) electrons. The maximum atomic E-state index is 12.6. The smallest absolute Gasteiger partial charge is 0.267 e. The minimum absolute atomic E-state index is 0.0549. The van der Waals surface area contributed by atoms with Gasteiger partial charge in [0.25, 0.3) is 6.43 Å². The van der Waals surface area contributed by atoms with Crippen LogP contribution in [0.4, 0.5) is 8.78 Å². The molecule has 0 unspecified atom stereocenters. The van der Waals surface area contributed by atoms with E-state index in [4.69, 9.17) is 4.74 Å². The lowest BCUT2D eigenvalue weighted by atomic mass is 10.1. The molecule has 0 aromatic heterocycles. The minimum Gasteiger partial charge on any atom is -0.495 e. The Bertz CT molecular complexity index is 391. The summed E-state index contributed by atoms with van der Waals surface area (Å²) in [6, 6.07) is 2.71. The second-order valence-corrected chi connectivity index (χ2v) is 3.85. The van der Waals surface area contributed by atoms with Gasteiger partial charge in [-0.15, -0.1) is 0 Å². The van der Waals surface area contributed by atoms with Gasteiger partial charge in [-0.25, -0.2) is 8.78 Å². The van der Waals surface area contributed by atoms with Gasteiger partial charge in [-0.2, -0.15) is 0 Å². The fraction of sp³-hybridized carbons (Fsp3) is 0.300. The quantitative estimate of drug-likeness (QED) is 0.790. The highest BCUT2D eigenvalue weighted by Crippen LogP contribution is 2.35. The van der Waals surface area contributed by atoms with Crippen LogP contribution in [0.2, 0.25) is 0 Å². The van der Waals surface area contributed by atoms with Gasteiger partial charge >= 0.3 is 0 Å². The SMILES string of the molecule is COc1c(C(C)=O)cc(Br)cc1C(F)F. The third kappa shape index (κ3) is 2.53. The van der Waals surface area contributed by atoms with Gasteiger partial charge < -0.3 is 4.74 Å². The highest BCUT2D eigenvalue weighted by atomic mass is 79.9. The Morgan fingerprint density at radius 3 is 2.47 bits per heavy atom. The predicted molar refractivity (Wildman–Crippen MR) is 55.7 cm³/mol. The number of ether oxygens (including phenoxy) is 1. The van der Waals surface area contributed by atoms with Gasteiger partial charge in [0.15, 0.2) is 5.78 Å². The maximum Gasteiger partial charge on any atom is 0.267 e. The fourth-order valence-electron chi connectivity index (χ4n) is 1.27. The zero-order valence-corrected chi connectivity index (χ0v) is 9.77. The first-order valence-electron chi connectivity index (χ1n) is 4.14. The van der Waals surface area contributed by atoms with Gasteiger partial charge in [0.2, 0.25) is 0 Å². The van der Waals surface area contributed by atoms with Crippen LogP contribution in [-0.4, -0.2) is 12.9 Å². The molecule has 0 heterocycles. The molecule has 2 nitrogen and oxygen atoms in total. The highest BCUT2D eigenvalue weighted by molar-refractivity contribution is 9.10. The van der Waals surface area contributed by atoms with E-state index in [9.17, 15) is 13.6 Å². The van der Waals surface area contributed by atoms with Gasteiger partial charge in [0.1, 0.15) is 5.75 Å². The number of Topliss-reactive ketones (excluding diaryl/α,β-unsaturated/α-hetero) is 1. The lowest BCUT2D eigenvalue weighted by molar-refractivity contribution is 0.101. The number of carbonyl (C=O) groups is 1. The van der Waals surface area contributed by atoms with Crippen LogP contribution in [-0.2, 0) is 0 Å². The molecular formula is C10H9BrF2O2. The first-order valence-corrected chi connectivity index (χ1v) is 4.93. The summed E-state index contributed by atoms with van der Waals surface area (Å²) in [5.74, 6) is -0.365. The van der Waals surface area contributed by atoms with Gasteiger partial charge in [-0.3, -0.25) is 4.79 Å². The van der Waals surface area contributed by atoms with Crippen molar-refractivity contribution in [3.05, 3.63) is 27.7 Å². The first kappa shape index (κ1) is 12.1. The van der Waals surface area contributed by atoms with E-state index in [-0.39, 0.29) is 22.7 Å². The second-order valence-electron chi connectivity index (χ2n) is 2.93. The standard InChI is InChI=1S/C10H9BrF2O2/c1-5(14)7-3-6(11)4-8(10(12)13)9(7)15-2/h3-4,10H,1-2H3. The number of ketones is 1. The second kappa shape index (κ2) is 4.70. The summed E-state index contributed by atoms with van der Waals surface area (Å²) in [7, 11) is 1.27. The average Bonchev–Trinajstić information content (AvgIpc) is 2.16. The van der Waals surface area contributed by atoms with Crippen molar-refractivity contribution in [1.82, 2.24) is 0 Å². The van der Waals surface area contributed by atoms with Gasteiger partial charge in [-0.05, 0) is 19.1 Å². The zero-order chi connectivity index (χ0) is 11.6. The lowest BCUT2D eigenvalue weighted by Crippen LogP contribution is -2.02. The van der Waals surface area contributed by atoms with Gasteiger partial charge in [0.05, 0.1) is 18.2 Å². The molecule has 15 heavy (non-hydrogen) atoms. The van der Waals surface area contributed by atoms with Crippen molar-refractivity contribution in [3.8, 4) is 5.75 Å². The Kier molecular flexibility index (Phi) is 3.79. The summed E-state index contributed by atoms with van der Waals surface area (Å²) < 4.78 is 30.5. The van der Waals surface area contributed by atoms with Crippen molar-refractivity contribution in [2.75, 3.05) is 7.11 Å². The number of methoxy groups -OCH3 is 1. The van der Waals surface area contributed by atoms with E-state index in [1.807, 2.05) is 0 Å². The Morgan fingerprint density at radius 2 is 2.07 bits per heavy atom. The van der Waals surface area contributed by atoms with Crippen LogP contribution in [0.1, 0.15) is 29.3 Å². The molecule has 1 rings (SSSR count). The van der Waals surface area contributed by atoms with E-state index in [2.05, 4.69) is 15.9 Å². The Morgan fingerprint density at radius 1 is 1.47 bits per heavy atom. The Labute approximate surface area is 94.4 Å². The number of rotatable bonds is 3. The van der Waals surface area contributed by atoms with Crippen molar-refractivity contribution >= 4 is 21.7 Å². The third-order valence-electron chi connectivity index (χ3n) is 1.90. The van der Waals surface area contributed by atoms with Crippen molar-refractivity contribution in [2.45, 2.75) is 13.3 Å². The molecule has 0 fully saturated rings. The molecule has 0 saturated heterocycles. The number of carbonyl (C=O) groups excluding carboxylic acids is 1. The molecule has 0 aliphatic heterocycles. The Balaban J connectivity index is 3.45. The van der Waals surface area contributed by atoms with E-state index in [0.717, 1.165) is 0 Å². The van der Waals surface area contributed by atoms with E-state index >= 15 is 0 Å². The summed E-state index contributed by atoms with van der Waals surface area (Å²) in [5, 5.41) is 0. The number of benzene rings is 1. The normalized spacial score (nSPS) is 10.5. The third-order valence-corrected chi connectivity index (χ3v) is 2.36. The van der Waals surface area contributed by atoms with Crippen molar-refractivity contribution < 1.29 is 18.3 Å². The molecule has 0 amide bonds. The molecule has 0 aliphatic carbocycles. The van der Waals surface area contributed by atoms with Crippen LogP contribution < -0.4 is 4.74 Å². The minimum atomic E-state index is -2.67. The topological polar surface area (TPSA) is 26.3 Å². The molecule has 1 aromatic carbocycles. The molecule has 0 saturated carbocycles. The number of halogens is 3. The van der Waals surface area contributed by atoms with Gasteiger partial charge in [-0.1, -0.05) is 15.9 Å². The molecule has 5 heteroatoms. The predicted octanol–water partition coefficient (Wildman–Crippen LogP) is 3.60. The summed E-state index contributed by atoms with van der Waals surface area (Å²) in [5.41, 5.74) is -0.126. The van der Waals surface area contributed by atoms with Gasteiger partial charge in [0, 0.05) is 4.47 Å². The van der Waals surface area contributed by atoms with E-state index in [1.165, 1.54) is 26.2 Å². The van der Waals surface area contributed by atoms with E-state index in [1.54, 1.807) is 0 Å². The molecular weight excluding hydrogens is 270 g/mol. The van der Waals surface area contributed by atoms with Crippen LogP contribution in [0.3, 0.4) is 0 Å². The maximum absolute atomic E-state index is 12.6. The van der Waals surface area contributed by atoms with E-state index in [0.29, 0.717) is 4.47 Å². The molecule has 0 bridgehead atoms. The van der Waals surface area contributed by atoms with Crippen LogP contribution >= 0.6 is 15.9 Å². The lowest BCUT2D eigenvalue weighted by Gasteiger charge is -2.12. The highest BCUT2D eigenvalue weighted by Gasteiger charge is 2.20.